The minimum atomic E-state index is -1.54. The Balaban J connectivity index is 1.31. The van der Waals surface area contributed by atoms with Crippen LogP contribution in [0.3, 0.4) is 0 Å². The highest BCUT2D eigenvalue weighted by molar-refractivity contribution is 5.90. The normalized spacial score (nSPS) is 41.1. The molecule has 0 spiro atoms. The standard InChI is InChI=1S/C46H58O7/c1-41(2)26-32-31-19-20-34-43(5)24-23-35(48)42(3,4)33(43)22-25-44(34,6)45(31,7)27-36(49)46(32,28-47)39(38(41)53-40(51)30-16-12-9-13-17-30)52-37(50)21-18-29-14-10-8-11-15-29/h8-19,21,28,32-36,38-39,48-49H,20,22-27H2,1-7H3/b21-18+/t32?,33?,34?,35-,36+,38-,39-,43-,44+,45+,46-/m0/s1. The molecule has 0 saturated heterocycles. The fourth-order valence-electron chi connectivity index (χ4n) is 12.7. The predicted molar refractivity (Wildman–Crippen MR) is 204 cm³/mol. The van der Waals surface area contributed by atoms with Gasteiger partial charge in [0, 0.05) is 11.5 Å². The topological polar surface area (TPSA) is 110 Å². The highest BCUT2D eigenvalue weighted by Crippen LogP contribution is 2.75. The van der Waals surface area contributed by atoms with E-state index in [2.05, 4.69) is 40.7 Å². The number of aldehydes is 1. The van der Waals surface area contributed by atoms with Crippen LogP contribution in [-0.4, -0.2) is 52.9 Å². The van der Waals surface area contributed by atoms with Gasteiger partial charge in [0.2, 0.25) is 0 Å². The van der Waals surface area contributed by atoms with Crippen LogP contribution in [0.5, 0.6) is 0 Å². The van der Waals surface area contributed by atoms with E-state index >= 15 is 0 Å². The lowest BCUT2D eigenvalue weighted by Crippen LogP contribution is -2.72. The van der Waals surface area contributed by atoms with Crippen LogP contribution < -0.4 is 0 Å². The molecule has 3 unspecified atom stereocenters. The van der Waals surface area contributed by atoms with E-state index in [1.54, 1.807) is 30.3 Å². The lowest BCUT2D eigenvalue weighted by Gasteiger charge is -2.72. The van der Waals surface area contributed by atoms with Gasteiger partial charge in [0.05, 0.1) is 23.2 Å². The molecule has 0 radical (unpaired) electrons. The van der Waals surface area contributed by atoms with E-state index in [9.17, 15) is 24.6 Å². The zero-order valence-electron chi connectivity index (χ0n) is 32.5. The number of fused-ring (bicyclic) bond motifs is 7. The molecule has 5 aliphatic carbocycles. The fraction of sp³-hybridized carbons (Fsp3) is 0.587. The number of benzene rings is 2. The summed E-state index contributed by atoms with van der Waals surface area (Å²) < 4.78 is 12.7. The van der Waals surface area contributed by atoms with Gasteiger partial charge in [0.1, 0.15) is 12.4 Å². The van der Waals surface area contributed by atoms with Crippen LogP contribution >= 0.6 is 0 Å². The van der Waals surface area contributed by atoms with Crippen LogP contribution in [0.2, 0.25) is 0 Å². The lowest BCUT2D eigenvalue weighted by molar-refractivity contribution is -0.243. The van der Waals surface area contributed by atoms with Crippen molar-refractivity contribution in [3.05, 3.63) is 89.5 Å². The van der Waals surface area contributed by atoms with Gasteiger partial charge < -0.3 is 24.5 Å². The predicted octanol–water partition coefficient (Wildman–Crippen LogP) is 8.39. The first-order valence-electron chi connectivity index (χ1n) is 19.7. The zero-order valence-corrected chi connectivity index (χ0v) is 32.5. The summed E-state index contributed by atoms with van der Waals surface area (Å²) in [4.78, 5) is 41.4. The van der Waals surface area contributed by atoms with Crippen molar-refractivity contribution in [1.82, 2.24) is 0 Å². The third kappa shape index (κ3) is 5.61. The number of ether oxygens (including phenoxy) is 2. The first kappa shape index (κ1) is 37.8. The largest absolute Gasteiger partial charge is 0.454 e. The van der Waals surface area contributed by atoms with E-state index in [0.29, 0.717) is 30.2 Å². The Labute approximate surface area is 315 Å². The van der Waals surface area contributed by atoms with Crippen molar-refractivity contribution >= 4 is 24.3 Å². The van der Waals surface area contributed by atoms with Crippen molar-refractivity contribution in [3.8, 4) is 0 Å². The smallest absolute Gasteiger partial charge is 0.338 e. The Bertz CT molecular complexity index is 1800. The van der Waals surface area contributed by atoms with E-state index in [1.807, 2.05) is 50.2 Å². The number of carbonyl (C=O) groups excluding carboxylic acids is 3. The Kier molecular flexibility index (Phi) is 9.29. The lowest BCUT2D eigenvalue weighted by atomic mass is 9.33. The van der Waals surface area contributed by atoms with E-state index in [-0.39, 0.29) is 22.3 Å². The molecule has 7 nitrogen and oxygen atoms in total. The molecule has 284 valence electrons. The van der Waals surface area contributed by atoms with Gasteiger partial charge in [-0.3, -0.25) is 0 Å². The van der Waals surface area contributed by atoms with Crippen LogP contribution in [0, 0.1) is 50.2 Å². The first-order valence-corrected chi connectivity index (χ1v) is 19.7. The van der Waals surface area contributed by atoms with Crippen molar-refractivity contribution in [3.63, 3.8) is 0 Å². The number of allylic oxidation sites excluding steroid dienone is 2. The maximum Gasteiger partial charge on any atom is 0.338 e. The average Bonchev–Trinajstić information content (AvgIpc) is 3.11. The monoisotopic (exact) mass is 722 g/mol. The molecule has 2 aromatic carbocycles. The summed E-state index contributed by atoms with van der Waals surface area (Å²) in [6.45, 7) is 15.6. The average molecular weight is 723 g/mol. The molecule has 53 heavy (non-hydrogen) atoms. The number of hydrogen-bond donors (Lipinski definition) is 2. The molecule has 0 heterocycles. The fourth-order valence-corrected chi connectivity index (χ4v) is 12.7. The Morgan fingerprint density at radius 2 is 1.43 bits per heavy atom. The summed E-state index contributed by atoms with van der Waals surface area (Å²) in [7, 11) is 0. The number of carbonyl (C=O) groups is 3. The van der Waals surface area contributed by atoms with Crippen molar-refractivity contribution in [2.75, 3.05) is 0 Å². The van der Waals surface area contributed by atoms with Gasteiger partial charge in [-0.2, -0.15) is 0 Å². The maximum absolute atomic E-state index is 13.9. The highest BCUT2D eigenvalue weighted by atomic mass is 16.6. The third-order valence-corrected chi connectivity index (χ3v) is 15.8. The van der Waals surface area contributed by atoms with Crippen molar-refractivity contribution < 1.29 is 34.1 Å². The second kappa shape index (κ2) is 13.0. The molecule has 7 rings (SSSR count). The minimum Gasteiger partial charge on any atom is -0.454 e. The van der Waals surface area contributed by atoms with E-state index in [4.69, 9.17) is 9.47 Å². The van der Waals surface area contributed by atoms with Crippen LogP contribution in [0.15, 0.2) is 78.4 Å². The summed E-state index contributed by atoms with van der Waals surface area (Å²) in [5.74, 6) is -0.982. The first-order chi connectivity index (χ1) is 25.0. The van der Waals surface area contributed by atoms with Crippen LogP contribution in [-0.2, 0) is 19.1 Å². The SMILES string of the molecule is CC1(C)CC2C3=CCC4[C@@]5(C)CC[C@H](O)C(C)(C)C5CC[C@@]4(C)[C@]3(C)C[C@@H](O)[C@@]2(C=O)[C@@H](OC(=O)/C=C/c2ccccc2)[C@@H]1OC(=O)c1ccccc1. The van der Waals surface area contributed by atoms with Gasteiger partial charge >= 0.3 is 11.9 Å². The van der Waals surface area contributed by atoms with Crippen LogP contribution in [0.1, 0.15) is 109 Å². The Hall–Kier alpha value is -3.55. The molecule has 0 aliphatic heterocycles. The van der Waals surface area contributed by atoms with Gasteiger partial charge in [-0.1, -0.05) is 109 Å². The minimum absolute atomic E-state index is 0.0106. The molecule has 5 aliphatic rings. The van der Waals surface area contributed by atoms with Crippen LogP contribution in [0.4, 0.5) is 0 Å². The maximum atomic E-state index is 13.9. The van der Waals surface area contributed by atoms with Gasteiger partial charge in [0.25, 0.3) is 0 Å². The third-order valence-electron chi connectivity index (χ3n) is 15.8. The molecule has 7 heteroatoms. The van der Waals surface area contributed by atoms with Gasteiger partial charge in [0.15, 0.2) is 6.10 Å². The number of hydrogen-bond acceptors (Lipinski definition) is 7. The molecule has 0 aromatic heterocycles. The Morgan fingerprint density at radius 1 is 0.774 bits per heavy atom. The van der Waals surface area contributed by atoms with Crippen LogP contribution in [0.25, 0.3) is 6.08 Å². The van der Waals surface area contributed by atoms with Gasteiger partial charge in [-0.05, 0) is 108 Å². The van der Waals surface area contributed by atoms with Gasteiger partial charge in [-0.25, -0.2) is 9.59 Å². The molecule has 4 saturated carbocycles. The summed E-state index contributed by atoms with van der Waals surface area (Å²) in [6, 6.07) is 18.1. The second-order valence-corrected chi connectivity index (χ2v) is 19.0. The molecule has 0 bridgehead atoms. The van der Waals surface area contributed by atoms with Crippen molar-refractivity contribution in [2.24, 2.45) is 50.2 Å². The number of rotatable bonds is 6. The molecule has 11 atom stereocenters. The highest BCUT2D eigenvalue weighted by Gasteiger charge is 2.73. The summed E-state index contributed by atoms with van der Waals surface area (Å²) in [5, 5.41) is 23.8. The van der Waals surface area contributed by atoms with E-state index in [0.717, 1.165) is 49.5 Å². The number of aliphatic hydroxyl groups is 2. The summed E-state index contributed by atoms with van der Waals surface area (Å²) in [6.07, 6.45) is 7.77. The summed E-state index contributed by atoms with van der Waals surface area (Å²) >= 11 is 0. The van der Waals surface area contributed by atoms with E-state index in [1.165, 1.54) is 6.08 Å². The molecular weight excluding hydrogens is 664 g/mol. The molecule has 0 amide bonds. The molecular formula is C46H58O7. The van der Waals surface area contributed by atoms with Gasteiger partial charge in [-0.15, -0.1) is 0 Å². The summed E-state index contributed by atoms with van der Waals surface area (Å²) in [5.41, 5.74) is -0.750. The number of esters is 2. The molecule has 2 aromatic rings. The molecule has 2 N–H and O–H groups in total. The number of aliphatic hydroxyl groups excluding tert-OH is 2. The van der Waals surface area contributed by atoms with Crippen molar-refractivity contribution in [2.45, 2.75) is 118 Å². The Morgan fingerprint density at radius 3 is 2.09 bits per heavy atom. The molecule has 4 fully saturated rings. The zero-order chi connectivity index (χ0) is 38.2. The van der Waals surface area contributed by atoms with E-state index < -0.39 is 52.4 Å². The quantitative estimate of drug-likeness (QED) is 0.133. The second-order valence-electron chi connectivity index (χ2n) is 19.0. The van der Waals surface area contributed by atoms with Crippen molar-refractivity contribution in [1.29, 1.82) is 0 Å².